The van der Waals surface area contributed by atoms with E-state index in [1.54, 1.807) is 11.8 Å². The van der Waals surface area contributed by atoms with Gasteiger partial charge in [0, 0.05) is 6.42 Å². The number of amides is 1. The second-order valence-corrected chi connectivity index (χ2v) is 8.00. The van der Waals surface area contributed by atoms with Gasteiger partial charge in [-0.15, -0.1) is 0 Å². The van der Waals surface area contributed by atoms with Gasteiger partial charge in [-0.05, 0) is 30.4 Å². The Balaban J connectivity index is 1.70. The highest BCUT2D eigenvalue weighted by atomic mass is 32.2. The third-order valence-corrected chi connectivity index (χ3v) is 5.50. The molecule has 4 nitrogen and oxygen atoms in total. The lowest BCUT2D eigenvalue weighted by molar-refractivity contribution is -0.139. The van der Waals surface area contributed by atoms with Gasteiger partial charge in [-0.25, -0.2) is 0 Å². The van der Waals surface area contributed by atoms with Crippen LogP contribution in [-0.4, -0.2) is 47.8 Å². The number of nitrogens with zero attached hydrogens (tertiary/aromatic N) is 1. The second kappa shape index (κ2) is 7.46. The third kappa shape index (κ3) is 3.63. The Hall–Kier alpha value is -1.04. The number of rotatable bonds is 6. The molecule has 2 heterocycles. The van der Waals surface area contributed by atoms with E-state index in [2.05, 4.69) is 51.3 Å². The van der Waals surface area contributed by atoms with Crippen molar-refractivity contribution in [2.75, 3.05) is 18.6 Å². The van der Waals surface area contributed by atoms with E-state index in [-0.39, 0.29) is 30.4 Å². The highest BCUT2D eigenvalue weighted by Crippen LogP contribution is 2.41. The smallest absolute Gasteiger partial charge is 0.257 e. The van der Waals surface area contributed by atoms with E-state index in [0.717, 1.165) is 17.7 Å². The third-order valence-electron chi connectivity index (χ3n) is 4.86. The van der Waals surface area contributed by atoms with Crippen molar-refractivity contribution in [2.24, 2.45) is 5.92 Å². The van der Waals surface area contributed by atoms with Crippen LogP contribution in [0.4, 0.5) is 0 Å². The first-order chi connectivity index (χ1) is 11.5. The van der Waals surface area contributed by atoms with Crippen LogP contribution in [0.5, 0.6) is 0 Å². The minimum absolute atomic E-state index is 0.0860. The van der Waals surface area contributed by atoms with Gasteiger partial charge in [-0.3, -0.25) is 4.79 Å². The molecule has 2 fully saturated rings. The van der Waals surface area contributed by atoms with Crippen LogP contribution in [0.3, 0.4) is 0 Å². The fraction of sp³-hybridized carbons (Fsp3) is 0.632. The molecule has 3 rings (SSSR count). The van der Waals surface area contributed by atoms with Crippen LogP contribution in [0.1, 0.15) is 37.5 Å². The molecule has 0 radical (unpaired) electrons. The van der Waals surface area contributed by atoms with Gasteiger partial charge in [0.05, 0.1) is 12.6 Å². The van der Waals surface area contributed by atoms with Gasteiger partial charge in [-0.2, -0.15) is 11.8 Å². The van der Waals surface area contributed by atoms with Crippen LogP contribution in [0.25, 0.3) is 0 Å². The minimum Gasteiger partial charge on any atom is -0.356 e. The average molecular weight is 349 g/mol. The summed E-state index contributed by atoms with van der Waals surface area (Å²) in [6.07, 6.45) is 2.39. The summed E-state index contributed by atoms with van der Waals surface area (Å²) in [5, 5.41) is 0. The number of hydrogen-bond acceptors (Lipinski definition) is 4. The Morgan fingerprint density at radius 3 is 2.67 bits per heavy atom. The molecule has 0 unspecified atom stereocenters. The van der Waals surface area contributed by atoms with Gasteiger partial charge in [0.1, 0.15) is 12.3 Å². The first-order valence-electron chi connectivity index (χ1n) is 8.67. The first kappa shape index (κ1) is 17.8. The van der Waals surface area contributed by atoms with Crippen molar-refractivity contribution < 1.29 is 14.3 Å². The molecule has 132 valence electrons. The number of thioether (sulfide) groups is 1. The van der Waals surface area contributed by atoms with Gasteiger partial charge in [-0.1, -0.05) is 43.7 Å². The molecule has 0 bridgehead atoms. The van der Waals surface area contributed by atoms with Gasteiger partial charge < -0.3 is 14.4 Å². The van der Waals surface area contributed by atoms with E-state index < -0.39 is 0 Å². The van der Waals surface area contributed by atoms with Crippen molar-refractivity contribution in [2.45, 2.75) is 51.7 Å². The summed E-state index contributed by atoms with van der Waals surface area (Å²) in [5.41, 5.74) is 2.30. The maximum absolute atomic E-state index is 13.1. The topological polar surface area (TPSA) is 42.1 Å². The Labute approximate surface area is 148 Å². The highest BCUT2D eigenvalue weighted by molar-refractivity contribution is 7.98. The quantitative estimate of drug-likeness (QED) is 0.738. The molecule has 1 amide bonds. The van der Waals surface area contributed by atoms with Crippen LogP contribution in [0.2, 0.25) is 0 Å². The lowest BCUT2D eigenvalue weighted by Crippen LogP contribution is -2.46. The van der Waals surface area contributed by atoms with Crippen LogP contribution in [-0.2, 0) is 14.3 Å². The van der Waals surface area contributed by atoms with Gasteiger partial charge in [0.15, 0.2) is 6.10 Å². The fourth-order valence-corrected chi connectivity index (χ4v) is 3.74. The van der Waals surface area contributed by atoms with Crippen LogP contribution in [0.15, 0.2) is 24.3 Å². The molecule has 0 aliphatic carbocycles. The monoisotopic (exact) mass is 349 g/mol. The number of hydrogen-bond donors (Lipinski definition) is 0. The van der Waals surface area contributed by atoms with E-state index in [9.17, 15) is 4.79 Å². The van der Waals surface area contributed by atoms with E-state index >= 15 is 0 Å². The lowest BCUT2D eigenvalue weighted by atomic mass is 10.0. The Morgan fingerprint density at radius 1 is 1.33 bits per heavy atom. The minimum atomic E-state index is -0.354. The summed E-state index contributed by atoms with van der Waals surface area (Å²) in [6, 6.07) is 8.38. The first-order valence-corrected chi connectivity index (χ1v) is 10.1. The Morgan fingerprint density at radius 2 is 2.04 bits per heavy atom. The molecule has 24 heavy (non-hydrogen) atoms. The van der Waals surface area contributed by atoms with Crippen molar-refractivity contribution in [1.82, 2.24) is 4.90 Å². The zero-order valence-corrected chi connectivity index (χ0v) is 15.7. The predicted octanol–water partition coefficient (Wildman–Crippen LogP) is 3.40. The number of carbonyl (C=O) groups is 1. The second-order valence-electron chi connectivity index (χ2n) is 7.01. The molecule has 0 N–H and O–H groups in total. The molecule has 2 saturated heterocycles. The molecule has 4 atom stereocenters. The van der Waals surface area contributed by atoms with Gasteiger partial charge in [0.2, 0.25) is 0 Å². The van der Waals surface area contributed by atoms with Crippen molar-refractivity contribution in [3.05, 3.63) is 35.4 Å². The molecule has 0 saturated carbocycles. The highest BCUT2D eigenvalue weighted by Gasteiger charge is 2.52. The summed E-state index contributed by atoms with van der Waals surface area (Å²) in [6.45, 7) is 6.99. The van der Waals surface area contributed by atoms with E-state index in [4.69, 9.17) is 9.47 Å². The number of epoxide rings is 1. The predicted molar refractivity (Wildman–Crippen MR) is 97.0 cm³/mol. The molecular formula is C19H27NO3S. The van der Waals surface area contributed by atoms with Crippen molar-refractivity contribution in [3.63, 3.8) is 0 Å². The van der Waals surface area contributed by atoms with Crippen LogP contribution < -0.4 is 0 Å². The molecule has 0 spiro atoms. The fourth-order valence-electron chi connectivity index (χ4n) is 3.30. The Bertz CT molecular complexity index is 574. The summed E-state index contributed by atoms with van der Waals surface area (Å²) in [7, 11) is 0. The summed E-state index contributed by atoms with van der Waals surface area (Å²) in [4.78, 5) is 15.0. The van der Waals surface area contributed by atoms with E-state index in [1.165, 1.54) is 5.56 Å². The molecule has 2 aliphatic heterocycles. The molecule has 0 aromatic heterocycles. The summed E-state index contributed by atoms with van der Waals surface area (Å²) >= 11 is 1.79. The number of aryl methyl sites for hydroxylation is 1. The SMILES string of the molecule is CSCC[C@@H]1OC[C@H](C(C)C)N1C(=O)[C@@H]1O[C@H]1c1ccc(C)cc1. The van der Waals surface area contributed by atoms with Crippen LogP contribution in [0, 0.1) is 12.8 Å². The summed E-state index contributed by atoms with van der Waals surface area (Å²) in [5.74, 6) is 1.46. The summed E-state index contributed by atoms with van der Waals surface area (Å²) < 4.78 is 11.7. The largest absolute Gasteiger partial charge is 0.356 e. The van der Waals surface area contributed by atoms with Crippen molar-refractivity contribution in [3.8, 4) is 0 Å². The average Bonchev–Trinajstić information content (AvgIpc) is 3.24. The molecule has 1 aromatic rings. The molecular weight excluding hydrogens is 322 g/mol. The van der Waals surface area contributed by atoms with Gasteiger partial charge >= 0.3 is 0 Å². The lowest BCUT2D eigenvalue weighted by Gasteiger charge is -2.30. The Kier molecular flexibility index (Phi) is 5.52. The molecule has 5 heteroatoms. The number of carbonyl (C=O) groups excluding carboxylic acids is 1. The van der Waals surface area contributed by atoms with Crippen molar-refractivity contribution in [1.29, 1.82) is 0 Å². The zero-order valence-electron chi connectivity index (χ0n) is 14.9. The van der Waals surface area contributed by atoms with Crippen LogP contribution >= 0.6 is 11.8 Å². The molecule has 1 aromatic carbocycles. The standard InChI is InChI=1S/C19H27NO3S/c1-12(2)15-11-22-16(9-10-24-4)20(15)19(21)18-17(23-18)14-7-5-13(3)6-8-14/h5-8,12,15-18H,9-11H2,1-4H3/t15-,16+,17+,18-/m1/s1. The molecule has 2 aliphatic rings. The number of ether oxygens (including phenoxy) is 2. The van der Waals surface area contributed by atoms with Gasteiger partial charge in [0.25, 0.3) is 5.91 Å². The number of benzene rings is 1. The van der Waals surface area contributed by atoms with E-state index in [0.29, 0.717) is 12.5 Å². The maximum Gasteiger partial charge on any atom is 0.257 e. The normalized spacial score (nSPS) is 29.3. The van der Waals surface area contributed by atoms with E-state index in [1.807, 2.05) is 4.90 Å². The maximum atomic E-state index is 13.1. The van der Waals surface area contributed by atoms with Crippen molar-refractivity contribution >= 4 is 17.7 Å². The zero-order chi connectivity index (χ0) is 17.3.